The topological polar surface area (TPSA) is 24.8 Å². The van der Waals surface area contributed by atoms with Crippen LogP contribution in [-0.4, -0.2) is 37.0 Å². The Labute approximate surface area is 134 Å². The third-order valence-corrected chi connectivity index (χ3v) is 5.40. The Bertz CT molecular complexity index is 518. The third-order valence-electron chi connectivity index (χ3n) is 3.68. The van der Waals surface area contributed by atoms with Crippen molar-refractivity contribution < 1.29 is 9.69 Å². The predicted molar refractivity (Wildman–Crippen MR) is 90.3 cm³/mol. The van der Waals surface area contributed by atoms with Gasteiger partial charge in [0.05, 0.1) is 37.6 Å². The van der Waals surface area contributed by atoms with Crippen LogP contribution < -0.4 is 4.90 Å². The normalized spacial score (nSPS) is 11.0. The zero-order valence-corrected chi connectivity index (χ0v) is 14.3. The van der Waals surface area contributed by atoms with Crippen LogP contribution in [0.2, 0.25) is 0 Å². The Kier molecular flexibility index (Phi) is 6.42. The molecule has 0 aromatic carbocycles. The first-order valence-electron chi connectivity index (χ1n) is 7.43. The quantitative estimate of drug-likeness (QED) is 0.793. The second-order valence-electron chi connectivity index (χ2n) is 4.99. The molecule has 0 aliphatic rings. The minimum Gasteiger partial charge on any atom is -0.334 e. The summed E-state index contributed by atoms with van der Waals surface area (Å²) in [4.78, 5) is 18.3. The van der Waals surface area contributed by atoms with Gasteiger partial charge >= 0.3 is 0 Å². The van der Waals surface area contributed by atoms with Gasteiger partial charge in [-0.25, -0.2) is 0 Å². The van der Waals surface area contributed by atoms with Gasteiger partial charge in [-0.3, -0.25) is 4.79 Å². The number of rotatable bonds is 8. The van der Waals surface area contributed by atoms with Crippen LogP contribution in [0.5, 0.6) is 0 Å². The molecule has 5 heteroatoms. The molecule has 1 N–H and O–H groups in total. The number of likely N-dealkylation sites (N-methyl/N-ethyl adjacent to an activating group) is 1. The van der Waals surface area contributed by atoms with E-state index in [9.17, 15) is 4.79 Å². The van der Waals surface area contributed by atoms with Gasteiger partial charge in [-0.2, -0.15) is 0 Å². The van der Waals surface area contributed by atoms with Gasteiger partial charge in [0.1, 0.15) is 0 Å². The molecule has 114 valence electrons. The van der Waals surface area contributed by atoms with E-state index >= 15 is 0 Å². The number of carbonyl (C=O) groups excluding carboxylic acids is 1. The minimum absolute atomic E-state index is 0.157. The van der Waals surface area contributed by atoms with Crippen LogP contribution in [0, 0.1) is 0 Å². The molecule has 2 heterocycles. The van der Waals surface area contributed by atoms with Gasteiger partial charge in [0.2, 0.25) is 0 Å². The van der Waals surface area contributed by atoms with Crippen LogP contribution in [0.15, 0.2) is 35.0 Å². The molecule has 0 spiro atoms. The van der Waals surface area contributed by atoms with Gasteiger partial charge in [-0.1, -0.05) is 12.1 Å². The fourth-order valence-corrected chi connectivity index (χ4v) is 3.71. The predicted octanol–water partition coefficient (Wildman–Crippen LogP) is 2.38. The molecule has 21 heavy (non-hydrogen) atoms. The van der Waals surface area contributed by atoms with E-state index in [1.54, 1.807) is 11.3 Å². The van der Waals surface area contributed by atoms with Gasteiger partial charge < -0.3 is 9.80 Å². The number of quaternary nitrogens is 1. The lowest BCUT2D eigenvalue weighted by molar-refractivity contribution is -0.895. The molecule has 1 amide bonds. The van der Waals surface area contributed by atoms with Crippen molar-refractivity contribution >= 4 is 28.6 Å². The molecule has 3 nitrogen and oxygen atoms in total. The lowest BCUT2D eigenvalue weighted by Gasteiger charge is -2.24. The van der Waals surface area contributed by atoms with Crippen molar-refractivity contribution in [3.8, 4) is 0 Å². The Balaban J connectivity index is 2.04. The molecule has 0 aliphatic heterocycles. The van der Waals surface area contributed by atoms with E-state index in [-0.39, 0.29) is 5.91 Å². The van der Waals surface area contributed by atoms with Crippen molar-refractivity contribution in [3.05, 3.63) is 44.8 Å². The summed E-state index contributed by atoms with van der Waals surface area (Å²) in [6.45, 7) is 9.15. The van der Waals surface area contributed by atoms with Gasteiger partial charge in [-0.15, -0.1) is 22.7 Å². The highest BCUT2D eigenvalue weighted by Gasteiger charge is 2.19. The molecule has 0 bridgehead atoms. The molecule has 2 aromatic heterocycles. The first-order chi connectivity index (χ1) is 10.2. The fourth-order valence-electron chi connectivity index (χ4n) is 2.30. The third kappa shape index (κ3) is 4.66. The molecule has 0 aliphatic carbocycles. The number of nitrogens with zero attached hydrogens (tertiary/aromatic N) is 1. The summed E-state index contributed by atoms with van der Waals surface area (Å²) in [6, 6.07) is 8.00. The summed E-state index contributed by atoms with van der Waals surface area (Å²) >= 11 is 3.24. The van der Waals surface area contributed by atoms with Crippen LogP contribution in [0.4, 0.5) is 0 Å². The van der Waals surface area contributed by atoms with E-state index in [1.165, 1.54) is 21.1 Å². The Morgan fingerprint density at radius 1 is 1.14 bits per heavy atom. The van der Waals surface area contributed by atoms with E-state index < -0.39 is 0 Å². The standard InChI is InChI=1S/C16H22N2OS2/c1-3-17(4-2)9-10-18(13-14-7-5-11-20-14)16(19)15-8-6-12-21-15/h5-8,11-12H,3-4,9-10,13H2,1-2H3/p+1. The summed E-state index contributed by atoms with van der Waals surface area (Å²) in [5.41, 5.74) is 0. The summed E-state index contributed by atoms with van der Waals surface area (Å²) < 4.78 is 0. The van der Waals surface area contributed by atoms with E-state index in [0.29, 0.717) is 0 Å². The number of amides is 1. The average Bonchev–Trinajstić information content (AvgIpc) is 3.19. The van der Waals surface area contributed by atoms with Crippen LogP contribution in [0.3, 0.4) is 0 Å². The highest BCUT2D eigenvalue weighted by Crippen LogP contribution is 2.16. The summed E-state index contributed by atoms with van der Waals surface area (Å²) in [7, 11) is 0. The Hall–Kier alpha value is -1.17. The maximum absolute atomic E-state index is 12.7. The van der Waals surface area contributed by atoms with Gasteiger partial charge in [0, 0.05) is 4.88 Å². The van der Waals surface area contributed by atoms with Crippen molar-refractivity contribution in [1.29, 1.82) is 0 Å². The summed E-state index contributed by atoms with van der Waals surface area (Å²) in [6.07, 6.45) is 0. The Morgan fingerprint density at radius 2 is 1.86 bits per heavy atom. The molecule has 2 aromatic rings. The van der Waals surface area contributed by atoms with Gasteiger partial charge in [0.15, 0.2) is 0 Å². The van der Waals surface area contributed by atoms with E-state index in [1.807, 2.05) is 28.5 Å². The molecule has 0 atom stereocenters. The first-order valence-corrected chi connectivity index (χ1v) is 9.19. The maximum Gasteiger partial charge on any atom is 0.264 e. The number of carbonyl (C=O) groups is 1. The molecular formula is C16H23N2OS2+. The highest BCUT2D eigenvalue weighted by molar-refractivity contribution is 7.12. The molecular weight excluding hydrogens is 300 g/mol. The van der Waals surface area contributed by atoms with Crippen LogP contribution in [0.25, 0.3) is 0 Å². The zero-order chi connectivity index (χ0) is 15.1. The Morgan fingerprint density at radius 3 is 2.43 bits per heavy atom. The zero-order valence-electron chi connectivity index (χ0n) is 12.7. The highest BCUT2D eigenvalue weighted by atomic mass is 32.1. The van der Waals surface area contributed by atoms with Crippen molar-refractivity contribution in [2.24, 2.45) is 0 Å². The van der Waals surface area contributed by atoms with Crippen LogP contribution in [-0.2, 0) is 6.54 Å². The van der Waals surface area contributed by atoms with Crippen molar-refractivity contribution in [2.45, 2.75) is 20.4 Å². The van der Waals surface area contributed by atoms with Crippen LogP contribution >= 0.6 is 22.7 Å². The van der Waals surface area contributed by atoms with Crippen LogP contribution in [0.1, 0.15) is 28.4 Å². The summed E-state index contributed by atoms with van der Waals surface area (Å²) in [5.74, 6) is 0.157. The number of hydrogen-bond acceptors (Lipinski definition) is 3. The minimum atomic E-state index is 0.157. The first kappa shape index (κ1) is 16.2. The smallest absolute Gasteiger partial charge is 0.264 e. The second-order valence-corrected chi connectivity index (χ2v) is 6.97. The van der Waals surface area contributed by atoms with E-state index in [2.05, 4.69) is 25.3 Å². The molecule has 0 fully saturated rings. The van der Waals surface area contributed by atoms with Gasteiger partial charge in [0.25, 0.3) is 5.91 Å². The molecule has 0 saturated heterocycles. The summed E-state index contributed by atoms with van der Waals surface area (Å²) in [5, 5.41) is 4.03. The molecule has 0 saturated carbocycles. The number of thiophene rings is 2. The number of nitrogens with one attached hydrogen (secondary N) is 1. The molecule has 0 unspecified atom stereocenters. The molecule has 2 rings (SSSR count). The average molecular weight is 324 g/mol. The lowest BCUT2D eigenvalue weighted by Crippen LogP contribution is -3.12. The van der Waals surface area contributed by atoms with E-state index in [4.69, 9.17) is 0 Å². The maximum atomic E-state index is 12.7. The fraction of sp³-hybridized carbons (Fsp3) is 0.438. The number of hydrogen-bond donors (Lipinski definition) is 1. The van der Waals surface area contributed by atoms with Crippen molar-refractivity contribution in [1.82, 2.24) is 4.90 Å². The van der Waals surface area contributed by atoms with Crippen molar-refractivity contribution in [2.75, 3.05) is 26.2 Å². The molecule has 0 radical (unpaired) electrons. The SMILES string of the molecule is CC[NH+](CC)CCN(Cc1cccs1)C(=O)c1cccs1. The van der Waals surface area contributed by atoms with E-state index in [0.717, 1.165) is 37.6 Å². The lowest BCUT2D eigenvalue weighted by atomic mass is 10.3. The van der Waals surface area contributed by atoms with Crippen molar-refractivity contribution in [3.63, 3.8) is 0 Å². The van der Waals surface area contributed by atoms with Gasteiger partial charge in [-0.05, 0) is 36.7 Å². The largest absolute Gasteiger partial charge is 0.334 e. The monoisotopic (exact) mass is 323 g/mol. The second kappa shape index (κ2) is 8.32.